The van der Waals surface area contributed by atoms with Crippen LogP contribution in [0.15, 0.2) is 46.9 Å². The summed E-state index contributed by atoms with van der Waals surface area (Å²) in [4.78, 5) is 0. The Labute approximate surface area is 133 Å². The molecule has 0 radical (unpaired) electrons. The van der Waals surface area contributed by atoms with Crippen LogP contribution in [0.4, 0.5) is 4.39 Å². The van der Waals surface area contributed by atoms with Crippen molar-refractivity contribution in [1.29, 1.82) is 0 Å². The van der Waals surface area contributed by atoms with Crippen LogP contribution in [0.1, 0.15) is 17.2 Å². The minimum absolute atomic E-state index is 0.0462. The highest BCUT2D eigenvalue weighted by Crippen LogP contribution is 2.24. The van der Waals surface area contributed by atoms with Crippen LogP contribution in [0.5, 0.6) is 0 Å². The first-order valence-corrected chi connectivity index (χ1v) is 7.63. The summed E-state index contributed by atoms with van der Waals surface area (Å²) in [5.41, 5.74) is 4.76. The SMILES string of the molecule is NNC(Cc1cc(F)ccc1Br)c1ccc(I)cc1. The van der Waals surface area contributed by atoms with Crippen LogP contribution in [0.3, 0.4) is 0 Å². The van der Waals surface area contributed by atoms with Crippen LogP contribution >= 0.6 is 38.5 Å². The standard InChI is InChI=1S/C14H13BrFIN2/c15-13-6-3-11(16)7-10(13)8-14(19-18)9-1-4-12(17)5-2-9/h1-7,14,19H,8,18H2. The van der Waals surface area contributed by atoms with Crippen molar-refractivity contribution in [3.05, 3.63) is 67.5 Å². The molecule has 0 spiro atoms. The first-order valence-electron chi connectivity index (χ1n) is 5.75. The number of nitrogens with two attached hydrogens (primary N) is 1. The molecule has 2 aromatic carbocycles. The lowest BCUT2D eigenvalue weighted by molar-refractivity contribution is 0.547. The molecule has 0 bridgehead atoms. The fraction of sp³-hybridized carbons (Fsp3) is 0.143. The van der Waals surface area contributed by atoms with Crippen molar-refractivity contribution >= 4 is 38.5 Å². The number of nitrogens with one attached hydrogen (secondary N) is 1. The molecule has 0 aliphatic carbocycles. The maximum atomic E-state index is 13.3. The molecule has 0 heterocycles. The van der Waals surface area contributed by atoms with Gasteiger partial charge in [0.2, 0.25) is 0 Å². The van der Waals surface area contributed by atoms with E-state index in [9.17, 15) is 4.39 Å². The predicted octanol–water partition coefficient (Wildman–Crippen LogP) is 3.94. The molecule has 100 valence electrons. The molecule has 5 heteroatoms. The number of rotatable bonds is 4. The van der Waals surface area contributed by atoms with E-state index >= 15 is 0 Å². The van der Waals surface area contributed by atoms with Gasteiger partial charge in [-0.3, -0.25) is 11.3 Å². The zero-order valence-electron chi connectivity index (χ0n) is 10.0. The summed E-state index contributed by atoms with van der Waals surface area (Å²) in [6.07, 6.45) is 0.620. The average Bonchev–Trinajstić information content (AvgIpc) is 2.41. The van der Waals surface area contributed by atoms with Gasteiger partial charge in [0.15, 0.2) is 0 Å². The third-order valence-corrected chi connectivity index (χ3v) is 4.40. The van der Waals surface area contributed by atoms with E-state index < -0.39 is 0 Å². The summed E-state index contributed by atoms with van der Waals surface area (Å²) >= 11 is 5.69. The van der Waals surface area contributed by atoms with Gasteiger partial charge in [-0.05, 0) is 70.5 Å². The molecule has 0 saturated heterocycles. The molecule has 0 aromatic heterocycles. The highest BCUT2D eigenvalue weighted by atomic mass is 127. The van der Waals surface area contributed by atoms with Gasteiger partial charge in [0.1, 0.15) is 5.82 Å². The Bertz CT molecular complexity index is 560. The van der Waals surface area contributed by atoms with E-state index in [-0.39, 0.29) is 11.9 Å². The van der Waals surface area contributed by atoms with E-state index in [1.165, 1.54) is 15.7 Å². The summed E-state index contributed by atoms with van der Waals surface area (Å²) in [5.74, 6) is 5.38. The number of halogens is 3. The van der Waals surface area contributed by atoms with Crippen molar-refractivity contribution in [2.45, 2.75) is 12.5 Å². The maximum Gasteiger partial charge on any atom is 0.123 e. The topological polar surface area (TPSA) is 38.0 Å². The number of hydrogen-bond acceptors (Lipinski definition) is 2. The second kappa shape index (κ2) is 6.78. The minimum Gasteiger partial charge on any atom is -0.271 e. The van der Waals surface area contributed by atoms with Gasteiger partial charge in [0.25, 0.3) is 0 Å². The van der Waals surface area contributed by atoms with Gasteiger partial charge >= 0.3 is 0 Å². The number of hydrazine groups is 1. The van der Waals surface area contributed by atoms with E-state index in [1.807, 2.05) is 24.3 Å². The molecule has 0 saturated carbocycles. The Morgan fingerprint density at radius 2 is 1.89 bits per heavy atom. The molecule has 1 unspecified atom stereocenters. The van der Waals surface area contributed by atoms with Crippen LogP contribution < -0.4 is 11.3 Å². The van der Waals surface area contributed by atoms with Gasteiger partial charge < -0.3 is 0 Å². The van der Waals surface area contributed by atoms with Crippen LogP contribution in [-0.4, -0.2) is 0 Å². The lowest BCUT2D eigenvalue weighted by Crippen LogP contribution is -2.29. The first kappa shape index (κ1) is 14.9. The summed E-state index contributed by atoms with van der Waals surface area (Å²) < 4.78 is 15.3. The lowest BCUT2D eigenvalue weighted by atomic mass is 9.99. The number of benzene rings is 2. The van der Waals surface area contributed by atoms with Crippen molar-refractivity contribution in [2.24, 2.45) is 5.84 Å². The fourth-order valence-corrected chi connectivity index (χ4v) is 2.66. The molecular weight excluding hydrogens is 422 g/mol. The van der Waals surface area contributed by atoms with Crippen molar-refractivity contribution in [3.63, 3.8) is 0 Å². The van der Waals surface area contributed by atoms with Gasteiger partial charge in [-0.25, -0.2) is 4.39 Å². The molecule has 0 fully saturated rings. The third-order valence-electron chi connectivity index (χ3n) is 2.91. The van der Waals surface area contributed by atoms with Crippen molar-refractivity contribution < 1.29 is 4.39 Å². The minimum atomic E-state index is -0.239. The predicted molar refractivity (Wildman–Crippen MR) is 87.0 cm³/mol. The second-order valence-electron chi connectivity index (χ2n) is 4.21. The van der Waals surface area contributed by atoms with Crippen molar-refractivity contribution in [3.8, 4) is 0 Å². The quantitative estimate of drug-likeness (QED) is 0.434. The summed E-state index contributed by atoms with van der Waals surface area (Å²) in [6.45, 7) is 0. The Hall–Kier alpha value is -0.500. The second-order valence-corrected chi connectivity index (χ2v) is 6.31. The molecule has 1 atom stereocenters. The Kier molecular flexibility index (Phi) is 5.32. The summed E-state index contributed by atoms with van der Waals surface area (Å²) in [5, 5.41) is 0. The lowest BCUT2D eigenvalue weighted by Gasteiger charge is -2.17. The highest BCUT2D eigenvalue weighted by molar-refractivity contribution is 14.1. The van der Waals surface area contributed by atoms with Gasteiger partial charge in [0, 0.05) is 8.04 Å². The third kappa shape index (κ3) is 3.98. The molecule has 0 aliphatic rings. The average molecular weight is 435 g/mol. The Morgan fingerprint density at radius 3 is 2.53 bits per heavy atom. The smallest absolute Gasteiger partial charge is 0.123 e. The monoisotopic (exact) mass is 434 g/mol. The maximum absolute atomic E-state index is 13.3. The van der Waals surface area contributed by atoms with Crippen molar-refractivity contribution in [1.82, 2.24) is 5.43 Å². The zero-order valence-corrected chi connectivity index (χ0v) is 13.8. The molecule has 3 N–H and O–H groups in total. The van der Waals surface area contributed by atoms with Gasteiger partial charge in [-0.1, -0.05) is 28.1 Å². The summed E-state index contributed by atoms with van der Waals surface area (Å²) in [7, 11) is 0. The highest BCUT2D eigenvalue weighted by Gasteiger charge is 2.13. The molecule has 19 heavy (non-hydrogen) atoms. The normalized spacial score (nSPS) is 12.4. The summed E-state index contributed by atoms with van der Waals surface area (Å²) in [6, 6.07) is 12.7. The van der Waals surface area contributed by atoms with E-state index in [0.29, 0.717) is 6.42 Å². The number of hydrogen-bond donors (Lipinski definition) is 2. The Balaban J connectivity index is 2.23. The van der Waals surface area contributed by atoms with Crippen LogP contribution in [0, 0.1) is 9.39 Å². The van der Waals surface area contributed by atoms with Crippen LogP contribution in [0.2, 0.25) is 0 Å². The molecule has 0 aliphatic heterocycles. The zero-order chi connectivity index (χ0) is 13.8. The van der Waals surface area contributed by atoms with E-state index in [1.54, 1.807) is 6.07 Å². The molecule has 2 rings (SSSR count). The van der Waals surface area contributed by atoms with Gasteiger partial charge in [-0.15, -0.1) is 0 Å². The fourth-order valence-electron chi connectivity index (χ4n) is 1.89. The van der Waals surface area contributed by atoms with Gasteiger partial charge in [-0.2, -0.15) is 0 Å². The molecule has 2 nitrogen and oxygen atoms in total. The van der Waals surface area contributed by atoms with E-state index in [0.717, 1.165) is 15.6 Å². The van der Waals surface area contributed by atoms with E-state index in [4.69, 9.17) is 5.84 Å². The Morgan fingerprint density at radius 1 is 1.21 bits per heavy atom. The van der Waals surface area contributed by atoms with Crippen molar-refractivity contribution in [2.75, 3.05) is 0 Å². The van der Waals surface area contributed by atoms with Crippen LogP contribution in [-0.2, 0) is 6.42 Å². The largest absolute Gasteiger partial charge is 0.271 e. The van der Waals surface area contributed by atoms with Gasteiger partial charge in [0.05, 0.1) is 6.04 Å². The van der Waals surface area contributed by atoms with Crippen LogP contribution in [0.25, 0.3) is 0 Å². The molecule has 0 amide bonds. The first-order chi connectivity index (χ1) is 9.10. The van der Waals surface area contributed by atoms with E-state index in [2.05, 4.69) is 43.9 Å². The molecular formula is C14H13BrFIN2. The molecule has 2 aromatic rings.